The smallest absolute Gasteiger partial charge is 0.382 e. The van der Waals surface area contributed by atoms with Gasteiger partial charge in [0.05, 0.1) is 16.6 Å². The zero-order chi connectivity index (χ0) is 24.3. The van der Waals surface area contributed by atoms with Crippen molar-refractivity contribution in [1.82, 2.24) is 20.0 Å². The van der Waals surface area contributed by atoms with Crippen molar-refractivity contribution in [3.63, 3.8) is 0 Å². The molecule has 39 heavy (non-hydrogen) atoms. The van der Waals surface area contributed by atoms with Crippen LogP contribution in [0.2, 0.25) is 5.02 Å². The minimum atomic E-state index is -3.53. The molecule has 1 saturated carbocycles. The number of hydrogen-bond donors (Lipinski definition) is 3. The van der Waals surface area contributed by atoms with Gasteiger partial charge in [0, 0.05) is 33.7 Å². The number of nitrogens with zero attached hydrogens (tertiary/aromatic N) is 3. The Morgan fingerprint density at radius 3 is 2.33 bits per heavy atom. The summed E-state index contributed by atoms with van der Waals surface area (Å²) in [7, 11) is 0. The van der Waals surface area contributed by atoms with E-state index in [4.69, 9.17) is 11.6 Å². The number of benzene rings is 2. The van der Waals surface area contributed by atoms with E-state index in [1.54, 1.807) is 30.3 Å². The molecule has 6 bridgehead atoms. The van der Waals surface area contributed by atoms with Gasteiger partial charge in [0.1, 0.15) is 12.0 Å². The summed E-state index contributed by atoms with van der Waals surface area (Å²) in [5, 5.41) is 7.76. The van der Waals surface area contributed by atoms with Gasteiger partial charge in [-0.25, -0.2) is 14.6 Å². The van der Waals surface area contributed by atoms with Crippen LogP contribution in [-0.2, 0) is 6.05 Å². The van der Waals surface area contributed by atoms with Crippen LogP contribution in [0.15, 0.2) is 42.7 Å². The molecule has 0 saturated heterocycles. The van der Waals surface area contributed by atoms with Crippen molar-refractivity contribution in [2.24, 2.45) is 0 Å². The monoisotopic (exact) mass is 792 g/mol. The molecular formula is C27H29ClCs2F2N6O. The van der Waals surface area contributed by atoms with E-state index in [2.05, 4.69) is 26.0 Å². The first-order chi connectivity index (χ1) is 16.8. The van der Waals surface area contributed by atoms with E-state index in [0.29, 0.717) is 38.2 Å². The summed E-state index contributed by atoms with van der Waals surface area (Å²) in [4.78, 5) is 21.6. The van der Waals surface area contributed by atoms with Gasteiger partial charge in [-0.15, -0.1) is 0 Å². The zero-order valence-corrected chi connectivity index (χ0v) is 36.2. The maximum atomic E-state index is 15.6. The largest absolute Gasteiger partial charge is 1.00 e. The van der Waals surface area contributed by atoms with Gasteiger partial charge in [-0.1, -0.05) is 11.6 Å². The predicted molar refractivity (Wildman–Crippen MR) is 144 cm³/mol. The Morgan fingerprint density at radius 2 is 1.64 bits per heavy atom. The Hall–Kier alpha value is 0.644. The van der Waals surface area contributed by atoms with E-state index >= 15 is 8.78 Å². The third-order valence-corrected chi connectivity index (χ3v) is 7.15. The SMILES string of the molecule is Cc1cc2ncn3c2cc1C(=O)NC1CCC(CC1)Nc1cc(nc2ccc(Cl)cc12)C(F)(F)N3.[CH3-].[CH3-].[Cs+].[Cs+]. The second-order valence-electron chi connectivity index (χ2n) is 9.34. The molecular weight excluding hydrogens is 764 g/mol. The van der Waals surface area contributed by atoms with E-state index in [0.717, 1.165) is 35.9 Å². The van der Waals surface area contributed by atoms with Crippen LogP contribution in [0.25, 0.3) is 21.9 Å². The molecule has 2 aromatic heterocycles. The van der Waals surface area contributed by atoms with E-state index in [1.165, 1.54) is 12.4 Å². The standard InChI is InChI=1S/C25H23ClF2N6O.2CH3.2Cs/c1-13-8-21-22-10-17(13)24(35)31-16-5-3-15(4-6-16)30-20-11-23(25(27,28)33-34(22)12-29-21)32-19-7-2-14(26)9-18(19)20;;;;/h2,7-12,15-16,30,33H,3-6H2,1H3,(H,31,35);2*1H3;;/q;2*-1;2*+1. The van der Waals surface area contributed by atoms with Gasteiger partial charge in [-0.05, 0) is 74.6 Å². The summed E-state index contributed by atoms with van der Waals surface area (Å²) in [6, 6.07) is 6.36. The van der Waals surface area contributed by atoms with Crippen molar-refractivity contribution in [3.05, 3.63) is 79.4 Å². The van der Waals surface area contributed by atoms with Crippen LogP contribution in [0.1, 0.15) is 47.3 Å². The quantitative estimate of drug-likeness (QED) is 0.176. The van der Waals surface area contributed by atoms with Gasteiger partial charge < -0.3 is 25.5 Å². The number of anilines is 1. The maximum Gasteiger partial charge on any atom is 1.00 e. The molecule has 0 unspecified atom stereocenters. The number of carbonyl (C=O) groups excluding carboxylic acids is 1. The molecule has 12 heteroatoms. The van der Waals surface area contributed by atoms with Crippen LogP contribution in [0.5, 0.6) is 0 Å². The third-order valence-electron chi connectivity index (χ3n) is 6.91. The number of aromatic nitrogens is 3. The summed E-state index contributed by atoms with van der Waals surface area (Å²) < 4.78 is 32.4. The topological polar surface area (TPSA) is 83.9 Å². The second kappa shape index (κ2) is 14.4. The van der Waals surface area contributed by atoms with Crippen LogP contribution in [0, 0.1) is 21.8 Å². The molecule has 0 atom stereocenters. The molecule has 4 heterocycles. The molecule has 1 fully saturated rings. The zero-order valence-electron chi connectivity index (χ0n) is 22.9. The molecule has 3 aliphatic rings. The van der Waals surface area contributed by atoms with Crippen molar-refractivity contribution >= 4 is 45.1 Å². The van der Waals surface area contributed by atoms with E-state index < -0.39 is 11.7 Å². The molecule has 3 N–H and O–H groups in total. The number of amides is 1. The van der Waals surface area contributed by atoms with Crippen molar-refractivity contribution in [1.29, 1.82) is 0 Å². The van der Waals surface area contributed by atoms with Crippen LogP contribution in [-0.4, -0.2) is 32.6 Å². The maximum absolute atomic E-state index is 15.6. The molecule has 7 nitrogen and oxygen atoms in total. The van der Waals surface area contributed by atoms with Crippen LogP contribution < -0.4 is 154 Å². The Bertz CT molecular complexity index is 1490. The number of aryl methyl sites for hydroxylation is 1. The number of carbonyl (C=O) groups is 1. The minimum Gasteiger partial charge on any atom is -0.382 e. The van der Waals surface area contributed by atoms with Gasteiger partial charge in [0.2, 0.25) is 0 Å². The molecule has 2 aromatic carbocycles. The van der Waals surface area contributed by atoms with Crippen molar-refractivity contribution in [3.8, 4) is 0 Å². The molecule has 1 amide bonds. The minimum absolute atomic E-state index is 0. The fraction of sp³-hybridized carbons (Fsp3) is 0.296. The summed E-state index contributed by atoms with van der Waals surface area (Å²) in [6.45, 7) is 1.82. The molecule has 4 aromatic rings. The Labute approximate surface area is 350 Å². The summed E-state index contributed by atoms with van der Waals surface area (Å²) in [5.41, 5.74) is 4.86. The number of pyridine rings is 1. The third kappa shape index (κ3) is 7.42. The number of halogens is 3. The van der Waals surface area contributed by atoms with Gasteiger partial charge in [0.25, 0.3) is 5.91 Å². The Morgan fingerprint density at radius 1 is 0.974 bits per heavy atom. The van der Waals surface area contributed by atoms with Gasteiger partial charge in [0.15, 0.2) is 0 Å². The summed E-state index contributed by atoms with van der Waals surface area (Å²) in [5.74, 6) is -0.208. The summed E-state index contributed by atoms with van der Waals surface area (Å²) >= 11 is 6.22. The normalized spacial score (nSPS) is 19.4. The fourth-order valence-corrected chi connectivity index (χ4v) is 5.22. The summed E-state index contributed by atoms with van der Waals surface area (Å²) in [6.07, 6.45) is 4.45. The van der Waals surface area contributed by atoms with Crippen LogP contribution in [0.4, 0.5) is 14.5 Å². The second-order valence-corrected chi connectivity index (χ2v) is 9.78. The van der Waals surface area contributed by atoms with Gasteiger partial charge in [-0.3, -0.25) is 10.2 Å². The average Bonchev–Trinajstić information content (AvgIpc) is 3.19. The number of nitrogens with one attached hydrogen (secondary N) is 3. The number of hydrogen-bond acceptors (Lipinski definition) is 5. The van der Waals surface area contributed by atoms with E-state index in [1.807, 2.05) is 6.92 Å². The van der Waals surface area contributed by atoms with Gasteiger partial charge >= 0.3 is 144 Å². The van der Waals surface area contributed by atoms with E-state index in [-0.39, 0.29) is 171 Å². The molecule has 2 aliphatic heterocycles. The number of fused-ring (bicyclic) bond motifs is 5. The van der Waals surface area contributed by atoms with Crippen molar-refractivity contribution in [2.45, 2.75) is 50.7 Å². The number of rotatable bonds is 0. The van der Waals surface area contributed by atoms with Crippen molar-refractivity contribution < 1.29 is 151 Å². The first-order valence-electron chi connectivity index (χ1n) is 11.6. The Balaban J connectivity index is 0.00000133. The van der Waals surface area contributed by atoms with Gasteiger partial charge in [-0.2, -0.15) is 8.78 Å². The molecule has 0 spiro atoms. The first-order valence-corrected chi connectivity index (χ1v) is 12.0. The van der Waals surface area contributed by atoms with Crippen LogP contribution in [0.3, 0.4) is 0 Å². The average molecular weight is 793 g/mol. The van der Waals surface area contributed by atoms with E-state index in [9.17, 15) is 4.79 Å². The number of alkyl halides is 2. The van der Waals surface area contributed by atoms with Crippen LogP contribution >= 0.6 is 11.6 Å². The fourth-order valence-electron chi connectivity index (χ4n) is 5.05. The molecule has 7 rings (SSSR count). The number of imidazole rings is 1. The predicted octanol–water partition coefficient (Wildman–Crippen LogP) is 0.214. The molecule has 196 valence electrons. The molecule has 1 aliphatic carbocycles. The Kier molecular flexibility index (Phi) is 13.2. The molecule has 0 radical (unpaired) electrons. The van der Waals surface area contributed by atoms with Crippen molar-refractivity contribution in [2.75, 3.05) is 10.7 Å². The first kappa shape index (κ1) is 35.8.